The monoisotopic (exact) mass is 210 g/mol. The second-order valence-corrected chi connectivity index (χ2v) is 4.89. The Morgan fingerprint density at radius 3 is 2.50 bits per heavy atom. The summed E-state index contributed by atoms with van der Waals surface area (Å²) in [6.45, 7) is 3.89. The first-order valence-corrected chi connectivity index (χ1v) is 6.14. The number of Topliss-reactive ketones (excluding diaryl/α,β-unsaturated/α-hetero) is 1. The zero-order valence-electron chi connectivity index (χ0n) is 8.66. The van der Waals surface area contributed by atoms with Gasteiger partial charge in [0, 0.05) is 22.6 Å². The molecule has 0 aromatic heterocycles. The molecule has 2 nitrogen and oxygen atoms in total. The number of carbonyl (C=O) groups excluding carboxylic acids is 1. The highest BCUT2D eigenvalue weighted by molar-refractivity contribution is 7.85. The van der Waals surface area contributed by atoms with E-state index >= 15 is 0 Å². The van der Waals surface area contributed by atoms with Gasteiger partial charge in [-0.15, -0.1) is 0 Å². The normalized spacial score (nSPS) is 12.5. The molecule has 1 aromatic carbocycles. The van der Waals surface area contributed by atoms with E-state index in [1.807, 2.05) is 26.0 Å². The summed E-state index contributed by atoms with van der Waals surface area (Å²) in [4.78, 5) is 11.6. The molecule has 0 aliphatic carbocycles. The highest BCUT2D eigenvalue weighted by Crippen LogP contribution is 2.11. The van der Waals surface area contributed by atoms with Crippen molar-refractivity contribution in [2.75, 3.05) is 12.0 Å². The summed E-state index contributed by atoms with van der Waals surface area (Å²) in [6.07, 6.45) is 1.54. The Labute approximate surface area is 86.8 Å². The van der Waals surface area contributed by atoms with Crippen molar-refractivity contribution in [2.24, 2.45) is 0 Å². The van der Waals surface area contributed by atoms with Crippen LogP contribution in [0.5, 0.6) is 0 Å². The van der Waals surface area contributed by atoms with Gasteiger partial charge in [0.1, 0.15) is 0 Å². The average molecular weight is 210 g/mol. The molecule has 0 amide bonds. The summed E-state index contributed by atoms with van der Waals surface area (Å²) in [5.41, 5.74) is 2.78. The van der Waals surface area contributed by atoms with Gasteiger partial charge < -0.3 is 0 Å². The van der Waals surface area contributed by atoms with Gasteiger partial charge in [0.2, 0.25) is 0 Å². The first kappa shape index (κ1) is 11.1. The lowest BCUT2D eigenvalue weighted by atomic mass is 10.0. The molecule has 76 valence electrons. The average Bonchev–Trinajstić information content (AvgIpc) is 2.01. The zero-order valence-corrected chi connectivity index (χ0v) is 9.48. The van der Waals surface area contributed by atoms with Gasteiger partial charge >= 0.3 is 0 Å². The number of aryl methyl sites for hydroxylation is 2. The van der Waals surface area contributed by atoms with Gasteiger partial charge in [-0.25, -0.2) is 0 Å². The van der Waals surface area contributed by atoms with Gasteiger partial charge in [-0.3, -0.25) is 9.00 Å². The van der Waals surface area contributed by atoms with Crippen LogP contribution >= 0.6 is 0 Å². The number of hydrogen-bond acceptors (Lipinski definition) is 2. The van der Waals surface area contributed by atoms with Crippen LogP contribution in [0.25, 0.3) is 0 Å². The lowest BCUT2D eigenvalue weighted by Gasteiger charge is -2.04. The predicted octanol–water partition coefficient (Wildman–Crippen LogP) is 1.86. The minimum absolute atomic E-state index is 0.0386. The van der Waals surface area contributed by atoms with Crippen molar-refractivity contribution < 1.29 is 9.00 Å². The highest BCUT2D eigenvalue weighted by atomic mass is 32.2. The SMILES string of the molecule is Cc1ccc(C(=O)CS(C)=O)c(C)c1. The molecule has 0 saturated carbocycles. The molecule has 1 aromatic rings. The lowest BCUT2D eigenvalue weighted by molar-refractivity contribution is 0.102. The van der Waals surface area contributed by atoms with Crippen LogP contribution in [-0.4, -0.2) is 22.0 Å². The topological polar surface area (TPSA) is 34.1 Å². The van der Waals surface area contributed by atoms with E-state index in [1.165, 1.54) is 0 Å². The number of rotatable bonds is 3. The second-order valence-electron chi connectivity index (χ2n) is 3.46. The molecule has 0 spiro atoms. The number of hydrogen-bond donors (Lipinski definition) is 0. The second kappa shape index (κ2) is 4.51. The van der Waals surface area contributed by atoms with Crippen LogP contribution < -0.4 is 0 Å². The molecule has 1 rings (SSSR count). The quantitative estimate of drug-likeness (QED) is 0.714. The van der Waals surface area contributed by atoms with Crippen LogP contribution in [0, 0.1) is 13.8 Å². The maximum absolute atomic E-state index is 11.6. The van der Waals surface area contributed by atoms with Crippen molar-refractivity contribution in [3.05, 3.63) is 34.9 Å². The Bertz CT molecular complexity index is 383. The Morgan fingerprint density at radius 2 is 2.00 bits per heavy atom. The molecular weight excluding hydrogens is 196 g/mol. The minimum atomic E-state index is -1.06. The number of ketones is 1. The Balaban J connectivity index is 2.96. The first-order chi connectivity index (χ1) is 6.50. The van der Waals surface area contributed by atoms with E-state index in [-0.39, 0.29) is 11.5 Å². The molecule has 0 saturated heterocycles. The highest BCUT2D eigenvalue weighted by Gasteiger charge is 2.10. The molecule has 3 heteroatoms. The predicted molar refractivity (Wildman–Crippen MR) is 59.2 cm³/mol. The maximum Gasteiger partial charge on any atom is 0.175 e. The van der Waals surface area contributed by atoms with Crippen molar-refractivity contribution in [1.29, 1.82) is 0 Å². The fraction of sp³-hybridized carbons (Fsp3) is 0.364. The standard InChI is InChI=1S/C11H14O2S/c1-8-4-5-10(9(2)6-8)11(12)7-14(3)13/h4-6H,7H2,1-3H3. The van der Waals surface area contributed by atoms with E-state index in [0.717, 1.165) is 11.1 Å². The molecule has 0 aliphatic rings. The van der Waals surface area contributed by atoms with E-state index in [2.05, 4.69) is 0 Å². The van der Waals surface area contributed by atoms with Crippen LogP contribution in [0.1, 0.15) is 21.5 Å². The number of carbonyl (C=O) groups is 1. The van der Waals surface area contributed by atoms with E-state index in [4.69, 9.17) is 0 Å². The van der Waals surface area contributed by atoms with Crippen molar-refractivity contribution in [3.63, 3.8) is 0 Å². The molecule has 0 aliphatic heterocycles. The molecule has 0 fully saturated rings. The molecule has 0 radical (unpaired) electrons. The summed E-state index contributed by atoms with van der Waals surface area (Å²) < 4.78 is 10.9. The summed E-state index contributed by atoms with van der Waals surface area (Å²) in [5, 5.41) is 0. The lowest BCUT2D eigenvalue weighted by Crippen LogP contribution is -2.11. The summed E-state index contributed by atoms with van der Waals surface area (Å²) >= 11 is 0. The molecule has 0 heterocycles. The van der Waals surface area contributed by atoms with Gasteiger partial charge in [0.05, 0.1) is 5.75 Å². The third-order valence-electron chi connectivity index (χ3n) is 2.02. The molecule has 1 atom stereocenters. The maximum atomic E-state index is 11.6. The largest absolute Gasteiger partial charge is 0.293 e. The molecule has 0 N–H and O–H groups in total. The van der Waals surface area contributed by atoms with Gasteiger partial charge in [0.25, 0.3) is 0 Å². The Kier molecular flexibility index (Phi) is 3.58. The molecule has 1 unspecified atom stereocenters. The van der Waals surface area contributed by atoms with Crippen molar-refractivity contribution in [3.8, 4) is 0 Å². The van der Waals surface area contributed by atoms with Crippen molar-refractivity contribution >= 4 is 16.6 Å². The summed E-state index contributed by atoms with van der Waals surface area (Å²) in [6, 6.07) is 5.67. The third kappa shape index (κ3) is 2.77. The molecule has 0 bridgehead atoms. The van der Waals surface area contributed by atoms with Crippen molar-refractivity contribution in [2.45, 2.75) is 13.8 Å². The van der Waals surface area contributed by atoms with Crippen LogP contribution in [0.15, 0.2) is 18.2 Å². The fourth-order valence-corrected chi connectivity index (χ4v) is 1.91. The van der Waals surface area contributed by atoms with E-state index in [9.17, 15) is 9.00 Å². The first-order valence-electron chi connectivity index (χ1n) is 4.41. The molecular formula is C11H14O2S. The zero-order chi connectivity index (χ0) is 10.7. The summed E-state index contributed by atoms with van der Waals surface area (Å²) in [5.74, 6) is 0.0764. The number of benzene rings is 1. The van der Waals surface area contributed by atoms with E-state index in [0.29, 0.717) is 5.56 Å². The van der Waals surface area contributed by atoms with E-state index < -0.39 is 10.8 Å². The van der Waals surface area contributed by atoms with Crippen LogP contribution in [0.4, 0.5) is 0 Å². The van der Waals surface area contributed by atoms with Crippen LogP contribution in [0.3, 0.4) is 0 Å². The van der Waals surface area contributed by atoms with Crippen molar-refractivity contribution in [1.82, 2.24) is 0 Å². The van der Waals surface area contributed by atoms with Crippen LogP contribution in [-0.2, 0) is 10.8 Å². The van der Waals surface area contributed by atoms with Gasteiger partial charge in [-0.1, -0.05) is 23.8 Å². The Morgan fingerprint density at radius 1 is 1.36 bits per heavy atom. The Hall–Kier alpha value is -0.960. The van der Waals surface area contributed by atoms with Crippen LogP contribution in [0.2, 0.25) is 0 Å². The smallest absolute Gasteiger partial charge is 0.175 e. The fourth-order valence-electron chi connectivity index (χ4n) is 1.39. The molecule has 14 heavy (non-hydrogen) atoms. The van der Waals surface area contributed by atoms with Gasteiger partial charge in [-0.2, -0.15) is 0 Å². The third-order valence-corrected chi connectivity index (χ3v) is 2.69. The van der Waals surface area contributed by atoms with E-state index in [1.54, 1.807) is 12.3 Å². The van der Waals surface area contributed by atoms with Gasteiger partial charge in [-0.05, 0) is 19.4 Å². The van der Waals surface area contributed by atoms with Gasteiger partial charge in [0.15, 0.2) is 5.78 Å². The minimum Gasteiger partial charge on any atom is -0.293 e. The summed E-state index contributed by atoms with van der Waals surface area (Å²) in [7, 11) is -1.06.